The highest BCUT2D eigenvalue weighted by Gasteiger charge is 2.20. The summed E-state index contributed by atoms with van der Waals surface area (Å²) in [5, 5.41) is 11.8. The summed E-state index contributed by atoms with van der Waals surface area (Å²) in [7, 11) is 1.59. The minimum absolute atomic E-state index is 0.129. The van der Waals surface area contributed by atoms with E-state index in [4.69, 9.17) is 14.7 Å². The zero-order chi connectivity index (χ0) is 25.0. The van der Waals surface area contributed by atoms with Gasteiger partial charge in [0.25, 0.3) is 5.91 Å². The number of hydrogen-bond acceptors (Lipinski definition) is 6. The van der Waals surface area contributed by atoms with Crippen molar-refractivity contribution in [1.29, 1.82) is 5.26 Å². The van der Waals surface area contributed by atoms with E-state index < -0.39 is 18.5 Å². The number of nitriles is 1. The molecule has 8 heteroatoms. The van der Waals surface area contributed by atoms with E-state index in [-0.39, 0.29) is 24.4 Å². The van der Waals surface area contributed by atoms with Gasteiger partial charge in [-0.25, -0.2) is 4.79 Å². The Morgan fingerprint density at radius 3 is 2.31 bits per heavy atom. The lowest BCUT2D eigenvalue weighted by molar-refractivity contribution is -0.121. The lowest BCUT2D eigenvalue weighted by Crippen LogP contribution is -2.35. The highest BCUT2D eigenvalue weighted by Crippen LogP contribution is 2.18. The summed E-state index contributed by atoms with van der Waals surface area (Å²) in [6.45, 7) is -0.726. The molecule has 2 amide bonds. The Morgan fingerprint density at radius 2 is 1.63 bits per heavy atom. The lowest BCUT2D eigenvalue weighted by atomic mass is 10.1. The van der Waals surface area contributed by atoms with Gasteiger partial charge in [-0.3, -0.25) is 14.5 Å². The number of aryl methyl sites for hydroxylation is 1. The standard InChI is InChI=1S/C27H25N3O5/c1-34-22-14-11-20(12-15-22)13-16-25(31)29-24-10-6-5-9-23(24)27(33)35-19-26(32)30(18-17-28)21-7-3-2-4-8-21/h2-12,14-15H,13,16,18-19H2,1H3,(H,29,31). The van der Waals surface area contributed by atoms with E-state index >= 15 is 0 Å². The van der Waals surface area contributed by atoms with Crippen molar-refractivity contribution in [2.75, 3.05) is 30.5 Å². The molecule has 0 bridgehead atoms. The van der Waals surface area contributed by atoms with Gasteiger partial charge in [0.15, 0.2) is 6.61 Å². The van der Waals surface area contributed by atoms with Gasteiger partial charge >= 0.3 is 5.97 Å². The Morgan fingerprint density at radius 1 is 0.943 bits per heavy atom. The predicted molar refractivity (Wildman–Crippen MR) is 131 cm³/mol. The normalized spacial score (nSPS) is 10.1. The van der Waals surface area contributed by atoms with Gasteiger partial charge in [-0.05, 0) is 48.4 Å². The van der Waals surface area contributed by atoms with Crippen molar-refractivity contribution in [3.63, 3.8) is 0 Å². The number of esters is 1. The van der Waals surface area contributed by atoms with Crippen molar-refractivity contribution in [1.82, 2.24) is 0 Å². The van der Waals surface area contributed by atoms with Crippen LogP contribution in [0.3, 0.4) is 0 Å². The second-order valence-corrected chi connectivity index (χ2v) is 7.49. The number of nitrogens with zero attached hydrogens (tertiary/aromatic N) is 2. The summed E-state index contributed by atoms with van der Waals surface area (Å²) < 4.78 is 10.3. The van der Waals surface area contributed by atoms with Crippen LogP contribution >= 0.6 is 0 Å². The first-order valence-electron chi connectivity index (χ1n) is 10.9. The molecule has 3 rings (SSSR count). The largest absolute Gasteiger partial charge is 0.497 e. The zero-order valence-corrected chi connectivity index (χ0v) is 19.3. The van der Waals surface area contributed by atoms with Gasteiger partial charge in [0.2, 0.25) is 5.91 Å². The Hall–Kier alpha value is -4.64. The molecule has 0 unspecified atom stereocenters. The maximum atomic E-state index is 12.7. The van der Waals surface area contributed by atoms with Crippen LogP contribution in [-0.4, -0.2) is 38.0 Å². The number of carbonyl (C=O) groups excluding carboxylic acids is 3. The first-order valence-corrected chi connectivity index (χ1v) is 10.9. The Labute approximate surface area is 203 Å². The highest BCUT2D eigenvalue weighted by molar-refractivity contribution is 6.02. The number of rotatable bonds is 10. The summed E-state index contributed by atoms with van der Waals surface area (Å²) in [6, 6.07) is 24.5. The van der Waals surface area contributed by atoms with Crippen LogP contribution in [0, 0.1) is 11.3 Å². The van der Waals surface area contributed by atoms with Gasteiger partial charge in [0.1, 0.15) is 12.3 Å². The molecule has 178 valence electrons. The van der Waals surface area contributed by atoms with Crippen LogP contribution in [0.5, 0.6) is 5.75 Å². The van der Waals surface area contributed by atoms with Crippen molar-refractivity contribution in [3.05, 3.63) is 90.0 Å². The minimum atomic E-state index is -0.755. The van der Waals surface area contributed by atoms with Crippen LogP contribution in [0.15, 0.2) is 78.9 Å². The van der Waals surface area contributed by atoms with Crippen molar-refractivity contribution in [2.24, 2.45) is 0 Å². The Bertz CT molecular complexity index is 1200. The number of benzene rings is 3. The first-order chi connectivity index (χ1) is 17.0. The van der Waals surface area contributed by atoms with Gasteiger partial charge in [-0.1, -0.05) is 42.5 Å². The van der Waals surface area contributed by atoms with E-state index in [0.29, 0.717) is 17.8 Å². The summed E-state index contributed by atoms with van der Waals surface area (Å²) >= 11 is 0. The van der Waals surface area contributed by atoms with E-state index in [1.807, 2.05) is 30.3 Å². The molecule has 0 spiro atoms. The molecule has 35 heavy (non-hydrogen) atoms. The third-order valence-electron chi connectivity index (χ3n) is 5.15. The molecule has 0 aliphatic carbocycles. The molecule has 0 radical (unpaired) electrons. The molecule has 0 atom stereocenters. The van der Waals surface area contributed by atoms with E-state index in [9.17, 15) is 14.4 Å². The lowest BCUT2D eigenvalue weighted by Gasteiger charge is -2.19. The summed E-state index contributed by atoms with van der Waals surface area (Å²) in [4.78, 5) is 39.0. The van der Waals surface area contributed by atoms with Gasteiger partial charge in [-0.2, -0.15) is 5.26 Å². The number of ether oxygens (including phenoxy) is 2. The minimum Gasteiger partial charge on any atom is -0.497 e. The molecule has 0 saturated heterocycles. The van der Waals surface area contributed by atoms with Crippen LogP contribution in [0.1, 0.15) is 22.3 Å². The molecule has 0 aliphatic rings. The fraction of sp³-hybridized carbons (Fsp3) is 0.185. The molecule has 0 aliphatic heterocycles. The average Bonchev–Trinajstić information content (AvgIpc) is 2.90. The number of hydrogen-bond donors (Lipinski definition) is 1. The number of anilines is 2. The SMILES string of the molecule is COc1ccc(CCC(=O)Nc2ccccc2C(=O)OCC(=O)N(CC#N)c2ccccc2)cc1. The maximum absolute atomic E-state index is 12.7. The quantitative estimate of drug-likeness (QED) is 0.354. The molecule has 0 saturated carbocycles. The molecular formula is C27H25N3O5. The third-order valence-corrected chi connectivity index (χ3v) is 5.15. The number of para-hydroxylation sites is 2. The number of amides is 2. The molecule has 0 aromatic heterocycles. The Balaban J connectivity index is 1.59. The van der Waals surface area contributed by atoms with Crippen LogP contribution in [-0.2, 0) is 20.7 Å². The first kappa shape index (κ1) is 25.0. The van der Waals surface area contributed by atoms with E-state index in [2.05, 4.69) is 5.32 Å². The van der Waals surface area contributed by atoms with Gasteiger partial charge in [0.05, 0.1) is 24.4 Å². The summed E-state index contributed by atoms with van der Waals surface area (Å²) in [5.41, 5.74) is 1.93. The second-order valence-electron chi connectivity index (χ2n) is 7.49. The molecule has 0 fully saturated rings. The van der Waals surface area contributed by atoms with Gasteiger partial charge < -0.3 is 14.8 Å². The van der Waals surface area contributed by atoms with Crippen LogP contribution in [0.2, 0.25) is 0 Å². The molecule has 8 nitrogen and oxygen atoms in total. The fourth-order valence-electron chi connectivity index (χ4n) is 3.32. The average molecular weight is 472 g/mol. The predicted octanol–water partition coefficient (Wildman–Crippen LogP) is 3.98. The van der Waals surface area contributed by atoms with Gasteiger partial charge in [-0.15, -0.1) is 0 Å². The second kappa shape index (κ2) is 12.6. The van der Waals surface area contributed by atoms with Gasteiger partial charge in [0, 0.05) is 12.1 Å². The maximum Gasteiger partial charge on any atom is 0.340 e. The molecular weight excluding hydrogens is 446 g/mol. The van der Waals surface area contributed by atoms with Crippen LogP contribution in [0.25, 0.3) is 0 Å². The van der Waals surface area contributed by atoms with Crippen molar-refractivity contribution >= 4 is 29.2 Å². The zero-order valence-electron chi connectivity index (χ0n) is 19.3. The number of nitrogens with one attached hydrogen (secondary N) is 1. The Kier molecular flexibility index (Phi) is 8.97. The fourth-order valence-corrected chi connectivity index (χ4v) is 3.32. The van der Waals surface area contributed by atoms with Crippen molar-refractivity contribution < 1.29 is 23.9 Å². The van der Waals surface area contributed by atoms with Crippen LogP contribution < -0.4 is 15.0 Å². The summed E-state index contributed by atoms with van der Waals surface area (Å²) in [6.07, 6.45) is 0.736. The molecule has 0 heterocycles. The van der Waals surface area contributed by atoms with E-state index in [1.165, 1.54) is 11.0 Å². The smallest absolute Gasteiger partial charge is 0.340 e. The van der Waals surface area contributed by atoms with Crippen LogP contribution in [0.4, 0.5) is 11.4 Å². The third kappa shape index (κ3) is 7.17. The number of methoxy groups -OCH3 is 1. The molecule has 3 aromatic rings. The highest BCUT2D eigenvalue weighted by atomic mass is 16.5. The topological polar surface area (TPSA) is 109 Å². The summed E-state index contributed by atoms with van der Waals surface area (Å²) in [5.74, 6) is -0.813. The van der Waals surface area contributed by atoms with E-state index in [0.717, 1.165) is 11.3 Å². The monoisotopic (exact) mass is 471 g/mol. The van der Waals surface area contributed by atoms with Crippen molar-refractivity contribution in [2.45, 2.75) is 12.8 Å². The van der Waals surface area contributed by atoms with E-state index in [1.54, 1.807) is 55.6 Å². The number of carbonyl (C=O) groups is 3. The molecule has 1 N–H and O–H groups in total. The molecule has 3 aromatic carbocycles. The van der Waals surface area contributed by atoms with Crippen molar-refractivity contribution in [3.8, 4) is 11.8 Å².